The number of hydrogen-bond donors (Lipinski definition) is 1. The van der Waals surface area contributed by atoms with Gasteiger partial charge in [0.1, 0.15) is 11.5 Å². The lowest BCUT2D eigenvalue weighted by molar-refractivity contribution is 0.473. The lowest BCUT2D eigenvalue weighted by Gasteiger charge is -2.11. The zero-order chi connectivity index (χ0) is 13.1. The maximum atomic E-state index is 6.04. The first-order valence-corrected chi connectivity index (χ1v) is 7.51. The van der Waals surface area contributed by atoms with E-state index in [-0.39, 0.29) is 0 Å². The molecule has 0 fully saturated rings. The van der Waals surface area contributed by atoms with E-state index in [4.69, 9.17) is 4.74 Å². The highest BCUT2D eigenvalue weighted by atomic mass is 32.2. The highest BCUT2D eigenvalue weighted by molar-refractivity contribution is 7.99. The van der Waals surface area contributed by atoms with Gasteiger partial charge in [0.25, 0.3) is 0 Å². The first kappa shape index (κ1) is 12.6. The quantitative estimate of drug-likeness (QED) is 0.912. The number of thioether (sulfide) groups is 1. The zero-order valence-corrected chi connectivity index (χ0v) is 11.8. The van der Waals surface area contributed by atoms with Crippen LogP contribution in [0, 0.1) is 0 Å². The van der Waals surface area contributed by atoms with E-state index in [1.807, 2.05) is 37.0 Å². The monoisotopic (exact) mass is 271 g/mol. The van der Waals surface area contributed by atoms with Crippen LogP contribution in [0.5, 0.6) is 11.5 Å². The van der Waals surface area contributed by atoms with Gasteiger partial charge in [-0.1, -0.05) is 18.2 Å². The molecule has 1 aliphatic rings. The first-order valence-electron chi connectivity index (χ1n) is 6.53. The van der Waals surface area contributed by atoms with Crippen LogP contribution in [0.25, 0.3) is 0 Å². The fourth-order valence-electron chi connectivity index (χ4n) is 2.29. The van der Waals surface area contributed by atoms with E-state index in [1.54, 1.807) is 0 Å². The third kappa shape index (κ3) is 2.77. The fraction of sp³-hybridized carbons (Fsp3) is 0.250. The van der Waals surface area contributed by atoms with Gasteiger partial charge in [-0.15, -0.1) is 11.8 Å². The Morgan fingerprint density at radius 2 is 2.11 bits per heavy atom. The molecule has 0 radical (unpaired) electrons. The fourth-order valence-corrected chi connectivity index (χ4v) is 3.35. The molecule has 2 aromatic rings. The second kappa shape index (κ2) is 5.68. The van der Waals surface area contributed by atoms with Gasteiger partial charge in [0.15, 0.2) is 0 Å². The van der Waals surface area contributed by atoms with E-state index in [0.717, 1.165) is 24.5 Å². The van der Waals surface area contributed by atoms with Crippen molar-refractivity contribution in [2.45, 2.75) is 17.9 Å². The van der Waals surface area contributed by atoms with Crippen molar-refractivity contribution in [3.05, 3.63) is 53.6 Å². The maximum Gasteiger partial charge on any atom is 0.131 e. The lowest BCUT2D eigenvalue weighted by atomic mass is 10.1. The standard InChI is InChI=1S/C16H17NOS/c1-17-11-13-4-2-3-5-15(13)18-14-6-7-16-12(10-14)8-9-19-16/h2-7,10,17H,8-9,11H2,1H3. The van der Waals surface area contributed by atoms with E-state index >= 15 is 0 Å². The molecule has 3 rings (SSSR count). The highest BCUT2D eigenvalue weighted by Gasteiger charge is 2.12. The van der Waals surface area contributed by atoms with Crippen LogP contribution < -0.4 is 10.1 Å². The minimum atomic E-state index is 0.816. The molecule has 1 aliphatic heterocycles. The third-order valence-electron chi connectivity index (χ3n) is 3.23. The Morgan fingerprint density at radius 3 is 3.00 bits per heavy atom. The van der Waals surface area contributed by atoms with Crippen LogP contribution in [0.15, 0.2) is 47.4 Å². The molecule has 0 bridgehead atoms. The van der Waals surface area contributed by atoms with Crippen LogP contribution in [0.2, 0.25) is 0 Å². The third-order valence-corrected chi connectivity index (χ3v) is 4.35. The first-order chi connectivity index (χ1) is 9.36. The second-order valence-corrected chi connectivity index (χ2v) is 5.74. The molecule has 0 amide bonds. The van der Waals surface area contributed by atoms with Crippen molar-refractivity contribution in [1.82, 2.24) is 5.32 Å². The summed E-state index contributed by atoms with van der Waals surface area (Å²) in [6.45, 7) is 0.816. The minimum Gasteiger partial charge on any atom is -0.457 e. The molecular weight excluding hydrogens is 254 g/mol. The molecule has 1 N–H and O–H groups in total. The Hall–Kier alpha value is -1.45. The number of ether oxygens (including phenoxy) is 1. The summed E-state index contributed by atoms with van der Waals surface area (Å²) in [4.78, 5) is 1.40. The van der Waals surface area contributed by atoms with Crippen molar-refractivity contribution < 1.29 is 4.74 Å². The van der Waals surface area contributed by atoms with E-state index in [2.05, 4.69) is 29.6 Å². The number of benzene rings is 2. The van der Waals surface area contributed by atoms with Crippen molar-refractivity contribution in [3.63, 3.8) is 0 Å². The number of nitrogens with one attached hydrogen (secondary N) is 1. The Bertz CT molecular complexity index is 583. The van der Waals surface area contributed by atoms with Gasteiger partial charge in [0, 0.05) is 22.8 Å². The van der Waals surface area contributed by atoms with Gasteiger partial charge in [0.05, 0.1) is 0 Å². The van der Waals surface area contributed by atoms with E-state index in [9.17, 15) is 0 Å². The van der Waals surface area contributed by atoms with Gasteiger partial charge >= 0.3 is 0 Å². The molecule has 0 unspecified atom stereocenters. The average Bonchev–Trinajstić information content (AvgIpc) is 2.89. The Labute approximate surface area is 118 Å². The number of hydrogen-bond acceptors (Lipinski definition) is 3. The normalized spacial score (nSPS) is 13.3. The maximum absolute atomic E-state index is 6.04. The van der Waals surface area contributed by atoms with Gasteiger partial charge < -0.3 is 10.1 Å². The molecule has 2 aromatic carbocycles. The topological polar surface area (TPSA) is 21.3 Å². The van der Waals surface area contributed by atoms with Crippen LogP contribution in [0.3, 0.4) is 0 Å². The van der Waals surface area contributed by atoms with Crippen molar-refractivity contribution in [2.75, 3.05) is 12.8 Å². The molecule has 0 saturated carbocycles. The van der Waals surface area contributed by atoms with Gasteiger partial charge in [-0.3, -0.25) is 0 Å². The Balaban J connectivity index is 1.85. The van der Waals surface area contributed by atoms with Crippen molar-refractivity contribution in [1.29, 1.82) is 0 Å². The molecular formula is C16H17NOS. The molecule has 98 valence electrons. The van der Waals surface area contributed by atoms with Crippen molar-refractivity contribution in [3.8, 4) is 11.5 Å². The predicted octanol–water partition coefficient (Wildman–Crippen LogP) is 3.85. The Morgan fingerprint density at radius 1 is 1.21 bits per heavy atom. The van der Waals surface area contributed by atoms with Gasteiger partial charge in [-0.2, -0.15) is 0 Å². The van der Waals surface area contributed by atoms with E-state index < -0.39 is 0 Å². The van der Waals surface area contributed by atoms with Gasteiger partial charge in [0.2, 0.25) is 0 Å². The zero-order valence-electron chi connectivity index (χ0n) is 11.0. The molecule has 3 heteroatoms. The predicted molar refractivity (Wildman–Crippen MR) is 80.1 cm³/mol. The SMILES string of the molecule is CNCc1ccccc1Oc1ccc2c(c1)CCS2. The molecule has 19 heavy (non-hydrogen) atoms. The number of fused-ring (bicyclic) bond motifs is 1. The molecule has 1 heterocycles. The van der Waals surface area contributed by atoms with Gasteiger partial charge in [-0.25, -0.2) is 0 Å². The molecule has 0 aromatic heterocycles. The summed E-state index contributed by atoms with van der Waals surface area (Å²) in [5, 5.41) is 3.17. The summed E-state index contributed by atoms with van der Waals surface area (Å²) in [7, 11) is 1.95. The Kier molecular flexibility index (Phi) is 3.76. The molecule has 2 nitrogen and oxygen atoms in total. The smallest absolute Gasteiger partial charge is 0.131 e. The van der Waals surface area contributed by atoms with Crippen molar-refractivity contribution >= 4 is 11.8 Å². The molecule has 0 saturated heterocycles. The van der Waals surface area contributed by atoms with Crippen LogP contribution in [-0.4, -0.2) is 12.8 Å². The molecule has 0 aliphatic carbocycles. The van der Waals surface area contributed by atoms with Crippen LogP contribution in [-0.2, 0) is 13.0 Å². The molecule has 0 atom stereocenters. The van der Waals surface area contributed by atoms with Gasteiger partial charge in [-0.05, 0) is 43.3 Å². The summed E-state index contributed by atoms with van der Waals surface area (Å²) in [6, 6.07) is 14.6. The number of para-hydroxylation sites is 1. The number of rotatable bonds is 4. The summed E-state index contributed by atoms with van der Waals surface area (Å²) < 4.78 is 6.04. The highest BCUT2D eigenvalue weighted by Crippen LogP contribution is 2.35. The molecule has 0 spiro atoms. The lowest BCUT2D eigenvalue weighted by Crippen LogP contribution is -2.06. The van der Waals surface area contributed by atoms with Crippen LogP contribution in [0.1, 0.15) is 11.1 Å². The van der Waals surface area contributed by atoms with Crippen LogP contribution in [0.4, 0.5) is 0 Å². The van der Waals surface area contributed by atoms with E-state index in [0.29, 0.717) is 0 Å². The minimum absolute atomic E-state index is 0.816. The van der Waals surface area contributed by atoms with Crippen LogP contribution >= 0.6 is 11.8 Å². The summed E-state index contributed by atoms with van der Waals surface area (Å²) in [5.74, 6) is 3.06. The van der Waals surface area contributed by atoms with E-state index in [1.165, 1.54) is 21.8 Å². The van der Waals surface area contributed by atoms with Crippen molar-refractivity contribution in [2.24, 2.45) is 0 Å². The average molecular weight is 271 g/mol. The largest absolute Gasteiger partial charge is 0.457 e. The summed E-state index contributed by atoms with van der Waals surface area (Å²) in [6.07, 6.45) is 1.15. The second-order valence-electron chi connectivity index (χ2n) is 4.61. The summed E-state index contributed by atoms with van der Waals surface area (Å²) >= 11 is 1.93. The number of aryl methyl sites for hydroxylation is 1. The summed E-state index contributed by atoms with van der Waals surface area (Å²) in [5.41, 5.74) is 2.59.